The number of hydrogen-bond donors (Lipinski definition) is 2. The molecule has 1 aromatic rings. The number of rotatable bonds is 3. The van der Waals surface area contributed by atoms with Crippen LogP contribution in [0.3, 0.4) is 0 Å². The molecule has 0 radical (unpaired) electrons. The van der Waals surface area contributed by atoms with Crippen LogP contribution >= 0.6 is 0 Å². The Bertz CT molecular complexity index is 390. The SMILES string of the molecule is Cc1cc(C(=O)N(C)C(C)CO)ccc1O. The molecule has 0 aliphatic heterocycles. The molecule has 0 saturated heterocycles. The summed E-state index contributed by atoms with van der Waals surface area (Å²) in [5, 5.41) is 18.3. The highest BCUT2D eigenvalue weighted by Crippen LogP contribution is 2.18. The summed E-state index contributed by atoms with van der Waals surface area (Å²) >= 11 is 0. The Hall–Kier alpha value is -1.55. The van der Waals surface area contributed by atoms with Gasteiger partial charge in [0.1, 0.15) is 5.75 Å². The highest BCUT2D eigenvalue weighted by molar-refractivity contribution is 5.94. The first-order chi connectivity index (χ1) is 7.47. The summed E-state index contributed by atoms with van der Waals surface area (Å²) in [7, 11) is 1.64. The van der Waals surface area contributed by atoms with Crippen LogP contribution in [0.25, 0.3) is 0 Å². The first-order valence-electron chi connectivity index (χ1n) is 5.15. The average molecular weight is 223 g/mol. The predicted octanol–water partition coefficient (Wildman–Crippen LogP) is 1.15. The zero-order valence-electron chi connectivity index (χ0n) is 9.77. The molecule has 0 aliphatic rings. The average Bonchev–Trinajstić information content (AvgIpc) is 2.29. The molecule has 0 aromatic heterocycles. The monoisotopic (exact) mass is 223 g/mol. The number of carbonyl (C=O) groups excluding carboxylic acids is 1. The lowest BCUT2D eigenvalue weighted by Crippen LogP contribution is -2.37. The topological polar surface area (TPSA) is 60.8 Å². The van der Waals surface area contributed by atoms with Crippen molar-refractivity contribution in [2.24, 2.45) is 0 Å². The first-order valence-corrected chi connectivity index (χ1v) is 5.15. The molecule has 0 aliphatic carbocycles. The van der Waals surface area contributed by atoms with E-state index in [0.29, 0.717) is 11.1 Å². The third kappa shape index (κ3) is 2.52. The van der Waals surface area contributed by atoms with E-state index >= 15 is 0 Å². The number of carbonyl (C=O) groups is 1. The third-order valence-corrected chi connectivity index (χ3v) is 2.69. The smallest absolute Gasteiger partial charge is 0.253 e. The lowest BCUT2D eigenvalue weighted by atomic mass is 10.1. The van der Waals surface area contributed by atoms with Crippen LogP contribution in [0.1, 0.15) is 22.8 Å². The van der Waals surface area contributed by atoms with Crippen LogP contribution in [0.5, 0.6) is 5.75 Å². The van der Waals surface area contributed by atoms with Crippen molar-refractivity contribution >= 4 is 5.91 Å². The number of benzene rings is 1. The summed E-state index contributed by atoms with van der Waals surface area (Å²) in [5.74, 6) is 0.0130. The Kier molecular flexibility index (Phi) is 3.90. The van der Waals surface area contributed by atoms with Gasteiger partial charge in [-0.2, -0.15) is 0 Å². The van der Waals surface area contributed by atoms with E-state index in [0.717, 1.165) is 0 Å². The largest absolute Gasteiger partial charge is 0.508 e. The molecule has 1 unspecified atom stereocenters. The zero-order valence-corrected chi connectivity index (χ0v) is 9.77. The van der Waals surface area contributed by atoms with Crippen molar-refractivity contribution in [3.63, 3.8) is 0 Å². The molecule has 1 amide bonds. The molecule has 88 valence electrons. The quantitative estimate of drug-likeness (QED) is 0.808. The highest BCUT2D eigenvalue weighted by atomic mass is 16.3. The molecule has 0 spiro atoms. The van der Waals surface area contributed by atoms with Gasteiger partial charge in [0, 0.05) is 12.6 Å². The number of aliphatic hydroxyl groups is 1. The van der Waals surface area contributed by atoms with E-state index in [2.05, 4.69) is 0 Å². The maximum absolute atomic E-state index is 11.9. The standard InChI is InChI=1S/C12H17NO3/c1-8-6-10(4-5-11(8)15)12(16)13(3)9(2)7-14/h4-6,9,14-15H,7H2,1-3H3. The van der Waals surface area contributed by atoms with Crippen molar-refractivity contribution in [2.45, 2.75) is 19.9 Å². The summed E-state index contributed by atoms with van der Waals surface area (Å²) in [6.07, 6.45) is 0. The minimum Gasteiger partial charge on any atom is -0.508 e. The van der Waals surface area contributed by atoms with Crippen LogP contribution in [-0.4, -0.2) is 40.7 Å². The van der Waals surface area contributed by atoms with Crippen molar-refractivity contribution in [3.05, 3.63) is 29.3 Å². The van der Waals surface area contributed by atoms with E-state index in [4.69, 9.17) is 5.11 Å². The third-order valence-electron chi connectivity index (χ3n) is 2.69. The minimum absolute atomic E-state index is 0.0701. The van der Waals surface area contributed by atoms with Gasteiger partial charge in [0.2, 0.25) is 0 Å². The van der Waals surface area contributed by atoms with Crippen LogP contribution in [0, 0.1) is 6.92 Å². The minimum atomic E-state index is -0.221. The molecule has 1 atom stereocenters. The Balaban J connectivity index is 2.92. The summed E-state index contributed by atoms with van der Waals surface area (Å²) in [5.41, 5.74) is 1.18. The second-order valence-corrected chi connectivity index (χ2v) is 3.95. The van der Waals surface area contributed by atoms with Gasteiger partial charge in [-0.3, -0.25) is 4.79 Å². The van der Waals surface area contributed by atoms with E-state index < -0.39 is 0 Å². The van der Waals surface area contributed by atoms with Gasteiger partial charge < -0.3 is 15.1 Å². The lowest BCUT2D eigenvalue weighted by molar-refractivity contribution is 0.0682. The normalized spacial score (nSPS) is 12.2. The van der Waals surface area contributed by atoms with Crippen molar-refractivity contribution in [1.29, 1.82) is 0 Å². The second-order valence-electron chi connectivity index (χ2n) is 3.95. The molecule has 2 N–H and O–H groups in total. The molecule has 0 bridgehead atoms. The van der Waals surface area contributed by atoms with E-state index in [1.165, 1.54) is 11.0 Å². The van der Waals surface area contributed by atoms with Gasteiger partial charge in [-0.25, -0.2) is 0 Å². The summed E-state index contributed by atoms with van der Waals surface area (Å²) < 4.78 is 0. The summed E-state index contributed by atoms with van der Waals surface area (Å²) in [6.45, 7) is 3.44. The number of amides is 1. The van der Waals surface area contributed by atoms with Crippen LogP contribution < -0.4 is 0 Å². The molecule has 1 aromatic carbocycles. The molecular weight excluding hydrogens is 206 g/mol. The van der Waals surface area contributed by atoms with Crippen molar-refractivity contribution in [3.8, 4) is 5.75 Å². The van der Waals surface area contributed by atoms with E-state index in [1.807, 2.05) is 0 Å². The fourth-order valence-electron chi connectivity index (χ4n) is 1.31. The van der Waals surface area contributed by atoms with Crippen LogP contribution in [0.4, 0.5) is 0 Å². The van der Waals surface area contributed by atoms with Crippen molar-refractivity contribution in [2.75, 3.05) is 13.7 Å². The Morgan fingerprint density at radius 2 is 2.12 bits per heavy atom. The molecule has 16 heavy (non-hydrogen) atoms. The maximum atomic E-state index is 11.9. The van der Waals surface area contributed by atoms with Gasteiger partial charge in [0.05, 0.1) is 12.6 Å². The summed E-state index contributed by atoms with van der Waals surface area (Å²) in [4.78, 5) is 13.4. The molecule has 1 rings (SSSR count). The number of aromatic hydroxyl groups is 1. The van der Waals surface area contributed by atoms with Crippen LogP contribution in [-0.2, 0) is 0 Å². The number of likely N-dealkylation sites (N-methyl/N-ethyl adjacent to an activating group) is 1. The van der Waals surface area contributed by atoms with Gasteiger partial charge in [-0.1, -0.05) is 0 Å². The van der Waals surface area contributed by atoms with Crippen LogP contribution in [0.2, 0.25) is 0 Å². The van der Waals surface area contributed by atoms with E-state index in [1.54, 1.807) is 33.0 Å². The van der Waals surface area contributed by atoms with Crippen molar-refractivity contribution < 1.29 is 15.0 Å². The molecule has 0 saturated carbocycles. The van der Waals surface area contributed by atoms with Gasteiger partial charge in [0.15, 0.2) is 0 Å². The molecule has 4 nitrogen and oxygen atoms in total. The van der Waals surface area contributed by atoms with Crippen LogP contribution in [0.15, 0.2) is 18.2 Å². The summed E-state index contributed by atoms with van der Waals surface area (Å²) in [6, 6.07) is 4.49. The number of hydrogen-bond acceptors (Lipinski definition) is 3. The number of nitrogens with zero attached hydrogens (tertiary/aromatic N) is 1. The number of aliphatic hydroxyl groups excluding tert-OH is 1. The maximum Gasteiger partial charge on any atom is 0.253 e. The molecule has 0 heterocycles. The fourth-order valence-corrected chi connectivity index (χ4v) is 1.31. The predicted molar refractivity (Wildman–Crippen MR) is 61.5 cm³/mol. The fraction of sp³-hybridized carbons (Fsp3) is 0.417. The Morgan fingerprint density at radius 1 is 1.50 bits per heavy atom. The molecule has 4 heteroatoms. The first kappa shape index (κ1) is 12.5. The van der Waals surface area contributed by atoms with Crippen molar-refractivity contribution in [1.82, 2.24) is 4.90 Å². The Labute approximate surface area is 95.1 Å². The zero-order chi connectivity index (χ0) is 12.3. The van der Waals surface area contributed by atoms with Gasteiger partial charge in [-0.15, -0.1) is 0 Å². The number of phenolic OH excluding ortho intramolecular Hbond substituents is 1. The van der Waals surface area contributed by atoms with E-state index in [9.17, 15) is 9.90 Å². The van der Waals surface area contributed by atoms with Gasteiger partial charge >= 0.3 is 0 Å². The highest BCUT2D eigenvalue weighted by Gasteiger charge is 2.17. The van der Waals surface area contributed by atoms with E-state index in [-0.39, 0.29) is 24.3 Å². The molecule has 0 fully saturated rings. The van der Waals surface area contributed by atoms with Gasteiger partial charge in [0.25, 0.3) is 5.91 Å². The molecular formula is C12H17NO3. The lowest BCUT2D eigenvalue weighted by Gasteiger charge is -2.23. The number of phenols is 1. The second kappa shape index (κ2) is 4.99. The Morgan fingerprint density at radius 3 is 2.62 bits per heavy atom. The van der Waals surface area contributed by atoms with Gasteiger partial charge in [-0.05, 0) is 37.6 Å². The number of aryl methyl sites for hydroxylation is 1.